The van der Waals surface area contributed by atoms with Crippen LogP contribution in [0.25, 0.3) is 11.0 Å². The van der Waals surface area contributed by atoms with Gasteiger partial charge in [0.15, 0.2) is 0 Å². The van der Waals surface area contributed by atoms with E-state index in [9.17, 15) is 18.0 Å². The molecular weight excluding hydrogens is 474 g/mol. The van der Waals surface area contributed by atoms with E-state index in [1.807, 2.05) is 6.26 Å². The molecule has 12 heteroatoms. The van der Waals surface area contributed by atoms with Crippen molar-refractivity contribution < 1.29 is 27.5 Å². The first-order valence-corrected chi connectivity index (χ1v) is 13.0. The number of hydrogen-bond acceptors (Lipinski definition) is 10. The van der Waals surface area contributed by atoms with Gasteiger partial charge in [-0.15, -0.1) is 0 Å². The van der Waals surface area contributed by atoms with Crippen molar-refractivity contribution >= 4 is 56.5 Å². The van der Waals surface area contributed by atoms with Crippen molar-refractivity contribution in [3.05, 3.63) is 53.6 Å². The third-order valence-electron chi connectivity index (χ3n) is 4.46. The average molecular weight is 496 g/mol. The smallest absolute Gasteiger partial charge is 0.337 e. The number of esters is 2. The first kappa shape index (κ1) is 24.1. The predicted molar refractivity (Wildman–Crippen MR) is 122 cm³/mol. The number of methoxy groups -OCH3 is 1. The molecule has 0 radical (unpaired) electrons. The maximum atomic E-state index is 13.0. The van der Waals surface area contributed by atoms with Crippen LogP contribution in [0.3, 0.4) is 0 Å². The number of sulfonamides is 1. The van der Waals surface area contributed by atoms with Gasteiger partial charge < -0.3 is 9.47 Å². The topological polar surface area (TPSA) is 125 Å². The van der Waals surface area contributed by atoms with Crippen molar-refractivity contribution in [2.24, 2.45) is 0 Å². The molecule has 0 bridgehead atoms. The number of aromatic nitrogens is 2. The minimum Gasteiger partial charge on any atom is -0.465 e. The Morgan fingerprint density at radius 1 is 1.19 bits per heavy atom. The fraction of sp³-hybridized carbons (Fsp3) is 0.300. The van der Waals surface area contributed by atoms with Gasteiger partial charge in [0, 0.05) is 0 Å². The van der Waals surface area contributed by atoms with Crippen LogP contribution in [0.15, 0.2) is 47.4 Å². The fourth-order valence-electron chi connectivity index (χ4n) is 2.87. The van der Waals surface area contributed by atoms with E-state index in [1.54, 1.807) is 36.4 Å². The molecule has 3 rings (SSSR count). The van der Waals surface area contributed by atoms with E-state index in [1.165, 1.54) is 24.9 Å². The molecule has 0 amide bonds. The Hall–Kier alpha value is -2.54. The summed E-state index contributed by atoms with van der Waals surface area (Å²) in [7, 11) is -2.78. The Morgan fingerprint density at radius 3 is 2.72 bits per heavy atom. The number of hydrogen-bond donors (Lipinski definition) is 1. The van der Waals surface area contributed by atoms with Gasteiger partial charge in [0.05, 0.1) is 24.4 Å². The monoisotopic (exact) mass is 495 g/mol. The standard InChI is InChI=1S/C20H21N3O6S3/c1-28-19(24)14-6-3-5-13(11-14)12-29-20(25)16(9-10-30-2)23-32(26,27)17-8-4-7-15-18(17)22-31-21-15/h3-8,11,16,23H,9-10,12H2,1-2H3. The van der Waals surface area contributed by atoms with Crippen LogP contribution in [0.2, 0.25) is 0 Å². The molecule has 0 saturated heterocycles. The highest BCUT2D eigenvalue weighted by molar-refractivity contribution is 7.98. The summed E-state index contributed by atoms with van der Waals surface area (Å²) in [5, 5.41) is 0. The summed E-state index contributed by atoms with van der Waals surface area (Å²) in [6.45, 7) is -0.118. The molecule has 1 N–H and O–H groups in total. The van der Waals surface area contributed by atoms with Crippen molar-refractivity contribution in [1.82, 2.24) is 13.5 Å². The highest BCUT2D eigenvalue weighted by atomic mass is 32.2. The molecule has 2 aromatic carbocycles. The number of nitrogens with one attached hydrogen (secondary N) is 1. The minimum absolute atomic E-state index is 0.0449. The molecule has 1 aromatic heterocycles. The maximum Gasteiger partial charge on any atom is 0.337 e. The highest BCUT2D eigenvalue weighted by Crippen LogP contribution is 2.22. The SMILES string of the molecule is COC(=O)c1cccc(COC(=O)C(CCSC)NS(=O)(=O)c2cccc3nsnc23)c1. The Kier molecular flexibility index (Phi) is 8.18. The second-order valence-corrected chi connectivity index (χ2v) is 9.84. The minimum atomic E-state index is -4.05. The number of carbonyl (C=O) groups is 2. The van der Waals surface area contributed by atoms with Crippen molar-refractivity contribution in [3.8, 4) is 0 Å². The normalized spacial score (nSPS) is 12.4. The summed E-state index contributed by atoms with van der Waals surface area (Å²) in [6, 6.07) is 10.0. The first-order chi connectivity index (χ1) is 15.4. The number of ether oxygens (including phenoxy) is 2. The zero-order valence-electron chi connectivity index (χ0n) is 17.3. The molecule has 1 heterocycles. The maximum absolute atomic E-state index is 13.0. The van der Waals surface area contributed by atoms with Crippen LogP contribution in [-0.2, 0) is 30.9 Å². The van der Waals surface area contributed by atoms with E-state index >= 15 is 0 Å². The Morgan fingerprint density at radius 2 is 1.97 bits per heavy atom. The van der Waals surface area contributed by atoms with Gasteiger partial charge in [-0.25, -0.2) is 13.2 Å². The summed E-state index contributed by atoms with van der Waals surface area (Å²) in [5.74, 6) is -0.674. The van der Waals surface area contributed by atoms with Crippen LogP contribution in [0.4, 0.5) is 0 Å². The number of carbonyl (C=O) groups excluding carboxylic acids is 2. The average Bonchev–Trinajstić information content (AvgIpc) is 3.28. The third kappa shape index (κ3) is 5.82. The highest BCUT2D eigenvalue weighted by Gasteiger charge is 2.28. The van der Waals surface area contributed by atoms with Gasteiger partial charge in [0.1, 0.15) is 28.6 Å². The molecule has 0 fully saturated rings. The predicted octanol–water partition coefficient (Wildman–Crippen LogP) is 2.62. The molecule has 1 atom stereocenters. The molecule has 0 aliphatic heterocycles. The van der Waals surface area contributed by atoms with E-state index in [0.717, 1.165) is 11.7 Å². The van der Waals surface area contributed by atoms with Crippen molar-refractivity contribution in [2.45, 2.75) is 24.0 Å². The van der Waals surface area contributed by atoms with Crippen LogP contribution in [0.1, 0.15) is 22.3 Å². The second kappa shape index (κ2) is 10.9. The molecule has 32 heavy (non-hydrogen) atoms. The third-order valence-corrected chi connectivity index (χ3v) is 7.15. The van der Waals surface area contributed by atoms with Crippen molar-refractivity contribution in [2.75, 3.05) is 19.1 Å². The van der Waals surface area contributed by atoms with Crippen LogP contribution in [-0.4, -0.2) is 54.3 Å². The van der Waals surface area contributed by atoms with Crippen LogP contribution < -0.4 is 4.72 Å². The summed E-state index contributed by atoms with van der Waals surface area (Å²) in [5.41, 5.74) is 1.62. The number of thioether (sulfide) groups is 1. The quantitative estimate of drug-likeness (QED) is 0.423. The molecule has 0 aliphatic rings. The molecule has 0 spiro atoms. The summed E-state index contributed by atoms with van der Waals surface area (Å²) < 4.78 is 46.6. The lowest BCUT2D eigenvalue weighted by atomic mass is 10.1. The lowest BCUT2D eigenvalue weighted by molar-refractivity contribution is -0.147. The summed E-state index contributed by atoms with van der Waals surface area (Å²) in [6.07, 6.45) is 2.10. The second-order valence-electron chi connectivity index (χ2n) is 6.64. The van der Waals surface area contributed by atoms with Crippen molar-refractivity contribution in [3.63, 3.8) is 0 Å². The van der Waals surface area contributed by atoms with Crippen LogP contribution >= 0.6 is 23.5 Å². The van der Waals surface area contributed by atoms with E-state index in [0.29, 0.717) is 22.4 Å². The molecule has 170 valence electrons. The zero-order valence-corrected chi connectivity index (χ0v) is 19.8. The summed E-state index contributed by atoms with van der Waals surface area (Å²) >= 11 is 2.39. The van der Waals surface area contributed by atoms with E-state index in [-0.39, 0.29) is 23.4 Å². The first-order valence-electron chi connectivity index (χ1n) is 9.42. The van der Waals surface area contributed by atoms with Crippen LogP contribution in [0.5, 0.6) is 0 Å². The van der Waals surface area contributed by atoms with E-state index in [4.69, 9.17) is 4.74 Å². The summed E-state index contributed by atoms with van der Waals surface area (Å²) in [4.78, 5) is 24.4. The molecule has 9 nitrogen and oxygen atoms in total. The number of nitrogens with zero attached hydrogens (tertiary/aromatic N) is 2. The van der Waals surface area contributed by atoms with Gasteiger partial charge in [0.2, 0.25) is 10.0 Å². The van der Waals surface area contributed by atoms with Gasteiger partial charge >= 0.3 is 11.9 Å². The van der Waals surface area contributed by atoms with Gasteiger partial charge in [-0.3, -0.25) is 4.79 Å². The Labute approximate surface area is 193 Å². The fourth-order valence-corrected chi connectivity index (χ4v) is 5.33. The van der Waals surface area contributed by atoms with Gasteiger partial charge in [-0.1, -0.05) is 18.2 Å². The van der Waals surface area contributed by atoms with Gasteiger partial charge in [-0.2, -0.15) is 25.2 Å². The molecule has 3 aromatic rings. The largest absolute Gasteiger partial charge is 0.465 e. The van der Waals surface area contributed by atoms with Gasteiger partial charge in [0.25, 0.3) is 0 Å². The van der Waals surface area contributed by atoms with E-state index < -0.39 is 28.0 Å². The van der Waals surface area contributed by atoms with Crippen molar-refractivity contribution in [1.29, 1.82) is 0 Å². The molecule has 0 aliphatic carbocycles. The Bertz CT molecular complexity index is 1210. The molecular formula is C20H21N3O6S3. The lowest BCUT2D eigenvalue weighted by Gasteiger charge is -2.18. The lowest BCUT2D eigenvalue weighted by Crippen LogP contribution is -2.42. The Balaban J connectivity index is 1.75. The molecule has 0 saturated carbocycles. The van der Waals surface area contributed by atoms with Crippen LogP contribution in [0, 0.1) is 0 Å². The van der Waals surface area contributed by atoms with Gasteiger partial charge in [-0.05, 0) is 48.3 Å². The molecule has 1 unspecified atom stereocenters. The van der Waals surface area contributed by atoms with E-state index in [2.05, 4.69) is 18.2 Å². The number of fused-ring (bicyclic) bond motifs is 1. The number of benzene rings is 2. The zero-order chi connectivity index (χ0) is 23.1. The number of rotatable bonds is 10.